The van der Waals surface area contributed by atoms with Crippen molar-refractivity contribution in [2.45, 2.75) is 46.6 Å². The lowest BCUT2D eigenvalue weighted by atomic mass is 10.0. The lowest BCUT2D eigenvalue weighted by Gasteiger charge is -2.20. The van der Waals surface area contributed by atoms with Gasteiger partial charge in [-0.2, -0.15) is 0 Å². The fourth-order valence-corrected chi connectivity index (χ4v) is 2.55. The summed E-state index contributed by atoms with van der Waals surface area (Å²) in [4.78, 5) is 12.5. The average Bonchev–Trinajstić information content (AvgIpc) is 2.56. The summed E-state index contributed by atoms with van der Waals surface area (Å²) in [5.74, 6) is 1.53. The van der Waals surface area contributed by atoms with Gasteiger partial charge in [-0.3, -0.25) is 4.79 Å². The van der Waals surface area contributed by atoms with Gasteiger partial charge in [-0.05, 0) is 56.0 Å². The zero-order valence-electron chi connectivity index (χ0n) is 15.6. The number of amides is 1. The standard InChI is InChI=1S/C21H27NO3/c1-6-24-19-10-8-7-9-18(19)22-21(23)16(5)25-20-13-15(4)11-12-17(20)14(2)3/h7-14,16H,6H2,1-5H3,(H,22,23)/t16-/m0/s1. The van der Waals surface area contributed by atoms with Crippen molar-refractivity contribution < 1.29 is 14.3 Å². The van der Waals surface area contributed by atoms with E-state index in [1.54, 1.807) is 6.92 Å². The van der Waals surface area contributed by atoms with Crippen molar-refractivity contribution in [1.82, 2.24) is 0 Å². The number of para-hydroxylation sites is 2. The highest BCUT2D eigenvalue weighted by atomic mass is 16.5. The lowest BCUT2D eigenvalue weighted by molar-refractivity contribution is -0.122. The molecule has 0 heterocycles. The van der Waals surface area contributed by atoms with Gasteiger partial charge >= 0.3 is 0 Å². The number of ether oxygens (including phenoxy) is 2. The Morgan fingerprint density at radius 3 is 2.48 bits per heavy atom. The topological polar surface area (TPSA) is 47.6 Å². The van der Waals surface area contributed by atoms with E-state index in [1.165, 1.54) is 0 Å². The average molecular weight is 341 g/mol. The van der Waals surface area contributed by atoms with Crippen molar-refractivity contribution in [2.75, 3.05) is 11.9 Å². The van der Waals surface area contributed by atoms with Crippen LogP contribution in [0.1, 0.15) is 44.7 Å². The molecule has 4 nitrogen and oxygen atoms in total. The number of benzene rings is 2. The third-order valence-electron chi connectivity index (χ3n) is 3.91. The molecule has 2 rings (SSSR count). The summed E-state index contributed by atoms with van der Waals surface area (Å²) < 4.78 is 11.5. The number of hydrogen-bond donors (Lipinski definition) is 1. The first kappa shape index (κ1) is 18.8. The molecule has 0 saturated carbocycles. The molecule has 0 radical (unpaired) electrons. The SMILES string of the molecule is CCOc1ccccc1NC(=O)[C@H](C)Oc1cc(C)ccc1C(C)C. The van der Waals surface area contributed by atoms with Gasteiger partial charge in [0.15, 0.2) is 6.10 Å². The van der Waals surface area contributed by atoms with E-state index in [-0.39, 0.29) is 5.91 Å². The molecule has 0 aliphatic rings. The highest BCUT2D eigenvalue weighted by Gasteiger charge is 2.19. The van der Waals surface area contributed by atoms with Crippen LogP contribution in [0.25, 0.3) is 0 Å². The second kappa shape index (κ2) is 8.56. The normalized spacial score (nSPS) is 11.9. The van der Waals surface area contributed by atoms with Crippen LogP contribution in [0.3, 0.4) is 0 Å². The fraction of sp³-hybridized carbons (Fsp3) is 0.381. The molecule has 0 aromatic heterocycles. The zero-order valence-corrected chi connectivity index (χ0v) is 15.6. The molecule has 0 unspecified atom stereocenters. The molecule has 2 aromatic rings. The van der Waals surface area contributed by atoms with Crippen LogP contribution in [0.4, 0.5) is 5.69 Å². The molecule has 0 aliphatic carbocycles. The Kier molecular flexibility index (Phi) is 6.45. The van der Waals surface area contributed by atoms with Gasteiger partial charge in [0.2, 0.25) is 0 Å². The number of anilines is 1. The summed E-state index contributed by atoms with van der Waals surface area (Å²) in [5, 5.41) is 2.89. The van der Waals surface area contributed by atoms with Gasteiger partial charge in [-0.15, -0.1) is 0 Å². The molecular weight excluding hydrogens is 314 g/mol. The zero-order chi connectivity index (χ0) is 18.4. The maximum atomic E-state index is 12.5. The number of carbonyl (C=O) groups is 1. The van der Waals surface area contributed by atoms with E-state index in [0.717, 1.165) is 16.9 Å². The molecule has 134 valence electrons. The van der Waals surface area contributed by atoms with Crippen LogP contribution in [0.5, 0.6) is 11.5 Å². The smallest absolute Gasteiger partial charge is 0.265 e. The quantitative estimate of drug-likeness (QED) is 0.777. The van der Waals surface area contributed by atoms with Gasteiger partial charge in [0, 0.05) is 0 Å². The second-order valence-electron chi connectivity index (χ2n) is 6.37. The van der Waals surface area contributed by atoms with Crippen molar-refractivity contribution in [3.05, 3.63) is 53.6 Å². The first-order valence-electron chi connectivity index (χ1n) is 8.72. The van der Waals surface area contributed by atoms with Crippen molar-refractivity contribution in [2.24, 2.45) is 0 Å². The van der Waals surface area contributed by atoms with E-state index in [4.69, 9.17) is 9.47 Å². The largest absolute Gasteiger partial charge is 0.492 e. The minimum Gasteiger partial charge on any atom is -0.492 e. The molecule has 0 fully saturated rings. The lowest BCUT2D eigenvalue weighted by Crippen LogP contribution is -2.30. The number of aryl methyl sites for hydroxylation is 1. The Bertz CT molecular complexity index is 725. The molecule has 25 heavy (non-hydrogen) atoms. The highest BCUT2D eigenvalue weighted by molar-refractivity contribution is 5.95. The predicted octanol–water partition coefficient (Wildman–Crippen LogP) is 4.92. The number of nitrogens with one attached hydrogen (secondary N) is 1. The molecule has 0 bridgehead atoms. The molecule has 1 N–H and O–H groups in total. The molecule has 0 spiro atoms. The summed E-state index contributed by atoms with van der Waals surface area (Å²) in [6.45, 7) is 10.4. The molecule has 2 aromatic carbocycles. The van der Waals surface area contributed by atoms with Gasteiger partial charge in [-0.1, -0.05) is 38.1 Å². The van der Waals surface area contributed by atoms with Gasteiger partial charge in [-0.25, -0.2) is 0 Å². The van der Waals surface area contributed by atoms with Crippen LogP contribution in [0.2, 0.25) is 0 Å². The van der Waals surface area contributed by atoms with E-state index < -0.39 is 6.10 Å². The Morgan fingerprint density at radius 1 is 1.08 bits per heavy atom. The first-order valence-corrected chi connectivity index (χ1v) is 8.72. The molecule has 0 saturated heterocycles. The van der Waals surface area contributed by atoms with Crippen LogP contribution in [-0.4, -0.2) is 18.6 Å². The number of carbonyl (C=O) groups excluding carboxylic acids is 1. The molecular formula is C21H27NO3. The van der Waals surface area contributed by atoms with Gasteiger partial charge < -0.3 is 14.8 Å². The van der Waals surface area contributed by atoms with E-state index in [2.05, 4.69) is 31.3 Å². The molecule has 1 atom stereocenters. The number of hydrogen-bond acceptors (Lipinski definition) is 3. The summed E-state index contributed by atoms with van der Waals surface area (Å²) in [5.41, 5.74) is 2.85. The fourth-order valence-electron chi connectivity index (χ4n) is 2.55. The maximum Gasteiger partial charge on any atom is 0.265 e. The summed E-state index contributed by atoms with van der Waals surface area (Å²) in [6.07, 6.45) is -0.617. The molecule has 0 aliphatic heterocycles. The van der Waals surface area contributed by atoms with E-state index in [9.17, 15) is 4.79 Å². The maximum absolute atomic E-state index is 12.5. The van der Waals surface area contributed by atoms with Gasteiger partial charge in [0.25, 0.3) is 5.91 Å². The summed E-state index contributed by atoms with van der Waals surface area (Å²) >= 11 is 0. The Balaban J connectivity index is 2.13. The Hall–Kier alpha value is -2.49. The van der Waals surface area contributed by atoms with Gasteiger partial charge in [0.05, 0.1) is 12.3 Å². The minimum absolute atomic E-state index is 0.205. The Labute approximate surface area is 150 Å². The van der Waals surface area contributed by atoms with Crippen LogP contribution in [0.15, 0.2) is 42.5 Å². The van der Waals surface area contributed by atoms with Crippen molar-refractivity contribution in [1.29, 1.82) is 0 Å². The third-order valence-corrected chi connectivity index (χ3v) is 3.91. The first-order chi connectivity index (χ1) is 11.9. The minimum atomic E-state index is -0.617. The van der Waals surface area contributed by atoms with Crippen LogP contribution >= 0.6 is 0 Å². The second-order valence-corrected chi connectivity index (χ2v) is 6.37. The third kappa shape index (κ3) is 4.99. The molecule has 4 heteroatoms. The van der Waals surface area contributed by atoms with Gasteiger partial charge in [0.1, 0.15) is 11.5 Å². The predicted molar refractivity (Wildman–Crippen MR) is 102 cm³/mol. The van der Waals surface area contributed by atoms with E-state index >= 15 is 0 Å². The van der Waals surface area contributed by atoms with Crippen molar-refractivity contribution >= 4 is 11.6 Å². The van der Waals surface area contributed by atoms with Crippen LogP contribution in [-0.2, 0) is 4.79 Å². The monoisotopic (exact) mass is 341 g/mol. The highest BCUT2D eigenvalue weighted by Crippen LogP contribution is 2.29. The summed E-state index contributed by atoms with van der Waals surface area (Å²) in [6, 6.07) is 13.5. The van der Waals surface area contributed by atoms with Crippen LogP contribution in [0, 0.1) is 6.92 Å². The van der Waals surface area contributed by atoms with Crippen molar-refractivity contribution in [3.8, 4) is 11.5 Å². The molecule has 1 amide bonds. The van der Waals surface area contributed by atoms with E-state index in [0.29, 0.717) is 24.0 Å². The van der Waals surface area contributed by atoms with Crippen LogP contribution < -0.4 is 14.8 Å². The van der Waals surface area contributed by atoms with Crippen molar-refractivity contribution in [3.63, 3.8) is 0 Å². The van der Waals surface area contributed by atoms with E-state index in [1.807, 2.05) is 44.2 Å². The number of rotatable bonds is 7. The summed E-state index contributed by atoms with van der Waals surface area (Å²) in [7, 11) is 0. The Morgan fingerprint density at radius 2 is 1.80 bits per heavy atom.